The molecule has 0 radical (unpaired) electrons. The third-order valence-corrected chi connectivity index (χ3v) is 2.85. The molecule has 2 rings (SSSR count). The van der Waals surface area contributed by atoms with Gasteiger partial charge in [-0.15, -0.1) is 0 Å². The Morgan fingerprint density at radius 1 is 1.40 bits per heavy atom. The van der Waals surface area contributed by atoms with E-state index in [4.69, 9.17) is 0 Å². The number of rotatable bonds is 4. The van der Waals surface area contributed by atoms with Gasteiger partial charge >= 0.3 is 0 Å². The van der Waals surface area contributed by atoms with Crippen molar-refractivity contribution in [2.45, 2.75) is 25.9 Å². The topological polar surface area (TPSA) is 29.9 Å². The van der Waals surface area contributed by atoms with E-state index in [1.807, 2.05) is 19.3 Å². The zero-order valence-corrected chi connectivity index (χ0v) is 9.27. The first-order valence-corrected chi connectivity index (χ1v) is 5.43. The molecule has 3 nitrogen and oxygen atoms in total. The molecular weight excluding hydrogens is 186 g/mol. The summed E-state index contributed by atoms with van der Waals surface area (Å²) in [6.45, 7) is 3.12. The minimum absolute atomic E-state index is 0.494. The van der Waals surface area contributed by atoms with Crippen molar-refractivity contribution in [2.75, 3.05) is 7.05 Å². The second kappa shape index (κ2) is 4.45. The predicted octanol–water partition coefficient (Wildman–Crippen LogP) is 2.03. The van der Waals surface area contributed by atoms with Crippen molar-refractivity contribution in [3.8, 4) is 0 Å². The van der Waals surface area contributed by atoms with Crippen molar-refractivity contribution in [2.24, 2.45) is 0 Å². The van der Waals surface area contributed by atoms with Crippen LogP contribution in [0.25, 0.3) is 10.9 Å². The van der Waals surface area contributed by atoms with Gasteiger partial charge in [-0.3, -0.25) is 4.68 Å². The lowest BCUT2D eigenvalue weighted by Gasteiger charge is -2.14. The summed E-state index contributed by atoms with van der Waals surface area (Å²) in [7, 11) is 2.00. The van der Waals surface area contributed by atoms with Gasteiger partial charge in [0.15, 0.2) is 0 Å². The van der Waals surface area contributed by atoms with Gasteiger partial charge in [-0.1, -0.05) is 25.1 Å². The number of benzene rings is 1. The summed E-state index contributed by atoms with van der Waals surface area (Å²) in [5.74, 6) is 0. The van der Waals surface area contributed by atoms with E-state index in [1.165, 1.54) is 10.9 Å². The van der Waals surface area contributed by atoms with Crippen LogP contribution in [0, 0.1) is 0 Å². The van der Waals surface area contributed by atoms with E-state index in [0.717, 1.165) is 13.0 Å². The van der Waals surface area contributed by atoms with E-state index in [9.17, 15) is 0 Å². The lowest BCUT2D eigenvalue weighted by Crippen LogP contribution is -2.29. The highest BCUT2D eigenvalue weighted by Gasteiger charge is 2.07. The summed E-state index contributed by atoms with van der Waals surface area (Å²) in [4.78, 5) is 0. The summed E-state index contributed by atoms with van der Waals surface area (Å²) < 4.78 is 2.07. The SMILES string of the molecule is CCC(Cn1ncc2ccccc21)NC. The Kier molecular flexibility index (Phi) is 3.02. The molecular formula is C12H17N3. The molecule has 0 spiro atoms. The summed E-state index contributed by atoms with van der Waals surface area (Å²) in [5, 5.41) is 8.91. The lowest BCUT2D eigenvalue weighted by atomic mass is 10.2. The fraction of sp³-hybridized carbons (Fsp3) is 0.417. The Labute approximate surface area is 90.1 Å². The highest BCUT2D eigenvalue weighted by molar-refractivity contribution is 5.78. The Morgan fingerprint density at radius 3 is 2.93 bits per heavy atom. The van der Waals surface area contributed by atoms with Gasteiger partial charge in [0.05, 0.1) is 18.3 Å². The Balaban J connectivity index is 2.28. The molecule has 0 fully saturated rings. The molecule has 0 amide bonds. The van der Waals surface area contributed by atoms with Gasteiger partial charge in [0, 0.05) is 11.4 Å². The lowest BCUT2D eigenvalue weighted by molar-refractivity contribution is 0.451. The number of hydrogen-bond donors (Lipinski definition) is 1. The fourth-order valence-electron chi connectivity index (χ4n) is 1.80. The van der Waals surface area contributed by atoms with Crippen LogP contribution in [0.2, 0.25) is 0 Å². The molecule has 1 atom stereocenters. The first-order valence-electron chi connectivity index (χ1n) is 5.43. The molecule has 0 aliphatic carbocycles. The molecule has 0 saturated heterocycles. The van der Waals surface area contributed by atoms with Crippen LogP contribution in [0.1, 0.15) is 13.3 Å². The number of likely N-dealkylation sites (N-methyl/N-ethyl adjacent to an activating group) is 1. The number of hydrogen-bond acceptors (Lipinski definition) is 2. The highest BCUT2D eigenvalue weighted by Crippen LogP contribution is 2.13. The van der Waals surface area contributed by atoms with Crippen LogP contribution >= 0.6 is 0 Å². The average Bonchev–Trinajstić information content (AvgIpc) is 2.69. The second-order valence-corrected chi connectivity index (χ2v) is 3.78. The monoisotopic (exact) mass is 203 g/mol. The minimum Gasteiger partial charge on any atom is -0.315 e. The van der Waals surface area contributed by atoms with E-state index >= 15 is 0 Å². The number of nitrogens with one attached hydrogen (secondary N) is 1. The van der Waals surface area contributed by atoms with Crippen LogP contribution in [-0.4, -0.2) is 22.9 Å². The van der Waals surface area contributed by atoms with E-state index in [0.29, 0.717) is 6.04 Å². The van der Waals surface area contributed by atoms with Crippen molar-refractivity contribution in [3.63, 3.8) is 0 Å². The molecule has 0 aliphatic rings. The van der Waals surface area contributed by atoms with E-state index in [-0.39, 0.29) is 0 Å². The van der Waals surface area contributed by atoms with Gasteiger partial charge in [0.2, 0.25) is 0 Å². The van der Waals surface area contributed by atoms with Crippen molar-refractivity contribution < 1.29 is 0 Å². The fourth-order valence-corrected chi connectivity index (χ4v) is 1.80. The number of nitrogens with zero attached hydrogens (tertiary/aromatic N) is 2. The van der Waals surface area contributed by atoms with Crippen LogP contribution in [0.4, 0.5) is 0 Å². The van der Waals surface area contributed by atoms with Gasteiger partial charge in [0.1, 0.15) is 0 Å². The third-order valence-electron chi connectivity index (χ3n) is 2.85. The summed E-state index contributed by atoms with van der Waals surface area (Å²) in [6.07, 6.45) is 3.04. The predicted molar refractivity (Wildman–Crippen MR) is 62.9 cm³/mol. The zero-order valence-electron chi connectivity index (χ0n) is 9.27. The van der Waals surface area contributed by atoms with Crippen molar-refractivity contribution in [1.29, 1.82) is 0 Å². The second-order valence-electron chi connectivity index (χ2n) is 3.78. The Hall–Kier alpha value is -1.35. The van der Waals surface area contributed by atoms with Crippen molar-refractivity contribution in [3.05, 3.63) is 30.5 Å². The van der Waals surface area contributed by atoms with Gasteiger partial charge in [-0.25, -0.2) is 0 Å². The molecule has 2 aromatic rings. The maximum atomic E-state index is 4.41. The average molecular weight is 203 g/mol. The molecule has 1 aromatic carbocycles. The maximum Gasteiger partial charge on any atom is 0.0683 e. The zero-order chi connectivity index (χ0) is 10.7. The van der Waals surface area contributed by atoms with Crippen LogP contribution in [0.15, 0.2) is 30.5 Å². The molecule has 80 valence electrons. The molecule has 1 aromatic heterocycles. The Morgan fingerprint density at radius 2 is 2.20 bits per heavy atom. The molecule has 3 heteroatoms. The molecule has 0 saturated carbocycles. The minimum atomic E-state index is 0.494. The van der Waals surface area contributed by atoms with Crippen LogP contribution in [-0.2, 0) is 6.54 Å². The quantitative estimate of drug-likeness (QED) is 0.824. The van der Waals surface area contributed by atoms with E-state index in [1.54, 1.807) is 0 Å². The largest absolute Gasteiger partial charge is 0.315 e. The Bertz CT molecular complexity index is 429. The van der Waals surface area contributed by atoms with Gasteiger partial charge in [-0.05, 0) is 19.5 Å². The first kappa shape index (κ1) is 10.2. The van der Waals surface area contributed by atoms with Gasteiger partial charge in [-0.2, -0.15) is 5.10 Å². The van der Waals surface area contributed by atoms with E-state index in [2.05, 4.69) is 40.2 Å². The highest BCUT2D eigenvalue weighted by atomic mass is 15.3. The number of aromatic nitrogens is 2. The molecule has 1 unspecified atom stereocenters. The summed E-state index contributed by atoms with van der Waals surface area (Å²) in [5.41, 5.74) is 1.21. The number of para-hydroxylation sites is 1. The van der Waals surface area contributed by atoms with Crippen LogP contribution in [0.5, 0.6) is 0 Å². The van der Waals surface area contributed by atoms with E-state index < -0.39 is 0 Å². The summed E-state index contributed by atoms with van der Waals surface area (Å²) in [6, 6.07) is 8.81. The standard InChI is InChI=1S/C12H17N3/c1-3-11(13-2)9-15-12-7-5-4-6-10(12)8-14-15/h4-8,11,13H,3,9H2,1-2H3. The molecule has 1 N–H and O–H groups in total. The normalized spacial score (nSPS) is 13.2. The van der Waals surface area contributed by atoms with Gasteiger partial charge < -0.3 is 5.32 Å². The summed E-state index contributed by atoms with van der Waals surface area (Å²) >= 11 is 0. The van der Waals surface area contributed by atoms with Crippen molar-refractivity contribution >= 4 is 10.9 Å². The number of fused-ring (bicyclic) bond motifs is 1. The van der Waals surface area contributed by atoms with Crippen LogP contribution in [0.3, 0.4) is 0 Å². The van der Waals surface area contributed by atoms with Crippen molar-refractivity contribution in [1.82, 2.24) is 15.1 Å². The third kappa shape index (κ3) is 2.02. The molecule has 1 heterocycles. The maximum absolute atomic E-state index is 4.41. The molecule has 15 heavy (non-hydrogen) atoms. The first-order chi connectivity index (χ1) is 7.35. The van der Waals surface area contributed by atoms with Gasteiger partial charge in [0.25, 0.3) is 0 Å². The molecule has 0 aliphatic heterocycles. The molecule has 0 bridgehead atoms. The smallest absolute Gasteiger partial charge is 0.0683 e. The van der Waals surface area contributed by atoms with Crippen LogP contribution < -0.4 is 5.32 Å².